The third-order valence-electron chi connectivity index (χ3n) is 5.91. The van der Waals surface area contributed by atoms with Crippen molar-refractivity contribution < 1.29 is 4.79 Å². The molecule has 0 saturated carbocycles. The number of para-hydroxylation sites is 1. The molecule has 0 fully saturated rings. The molecule has 0 bridgehead atoms. The molecule has 0 aliphatic heterocycles. The molecule has 3 nitrogen and oxygen atoms in total. The van der Waals surface area contributed by atoms with Crippen molar-refractivity contribution in [1.29, 1.82) is 0 Å². The second-order valence-corrected chi connectivity index (χ2v) is 8.98. The highest BCUT2D eigenvalue weighted by molar-refractivity contribution is 9.10. The fraction of sp³-hybridized carbons (Fsp3) is 0.0690. The molecule has 4 heteroatoms. The molecule has 5 rings (SSSR count). The molecular weight excluding hydrogens is 472 g/mol. The Morgan fingerprint density at radius 1 is 0.788 bits per heavy atom. The predicted octanol–water partition coefficient (Wildman–Crippen LogP) is 8.30. The number of amides is 2. The predicted molar refractivity (Wildman–Crippen MR) is 142 cm³/mol. The molecule has 5 aromatic carbocycles. The number of benzene rings is 5. The highest BCUT2D eigenvalue weighted by atomic mass is 79.9. The van der Waals surface area contributed by atoms with Gasteiger partial charge in [0.25, 0.3) is 0 Å². The molecule has 0 aromatic heterocycles. The standard InChI is InChI=1S/C29H23BrN2O/c1-20-14-16-23(17-15-20)32(29(33)31-28-13-7-6-12-27(28)30)19-26-24-10-4-2-8-21(24)18-22-9-3-5-11-25(22)26/h2-18H,19H2,1H3,(H,31,33). The molecule has 0 aliphatic carbocycles. The van der Waals surface area contributed by atoms with Gasteiger partial charge in [-0.3, -0.25) is 4.90 Å². The lowest BCUT2D eigenvalue weighted by Crippen LogP contribution is -2.34. The van der Waals surface area contributed by atoms with Crippen molar-refractivity contribution in [2.24, 2.45) is 0 Å². The quantitative estimate of drug-likeness (QED) is 0.250. The van der Waals surface area contributed by atoms with E-state index in [9.17, 15) is 4.79 Å². The van der Waals surface area contributed by atoms with Gasteiger partial charge in [-0.25, -0.2) is 4.79 Å². The first-order valence-electron chi connectivity index (χ1n) is 10.9. The van der Waals surface area contributed by atoms with E-state index >= 15 is 0 Å². The maximum Gasteiger partial charge on any atom is 0.326 e. The Bertz CT molecular complexity index is 1410. The Morgan fingerprint density at radius 3 is 2.00 bits per heavy atom. The van der Waals surface area contributed by atoms with Crippen molar-refractivity contribution >= 4 is 54.9 Å². The topological polar surface area (TPSA) is 32.3 Å². The Labute approximate surface area is 201 Å². The van der Waals surface area contributed by atoms with Gasteiger partial charge in [0, 0.05) is 10.2 Å². The van der Waals surface area contributed by atoms with Crippen LogP contribution < -0.4 is 10.2 Å². The van der Waals surface area contributed by atoms with Crippen molar-refractivity contribution in [2.75, 3.05) is 10.2 Å². The van der Waals surface area contributed by atoms with Gasteiger partial charge in [0.15, 0.2) is 0 Å². The molecule has 5 aromatic rings. The molecule has 0 heterocycles. The molecule has 33 heavy (non-hydrogen) atoms. The monoisotopic (exact) mass is 494 g/mol. The summed E-state index contributed by atoms with van der Waals surface area (Å²) in [5.74, 6) is 0. The van der Waals surface area contributed by atoms with E-state index in [1.165, 1.54) is 10.8 Å². The molecule has 0 unspecified atom stereocenters. The molecule has 0 aliphatic rings. The minimum Gasteiger partial charge on any atom is -0.306 e. The summed E-state index contributed by atoms with van der Waals surface area (Å²) < 4.78 is 0.845. The zero-order valence-electron chi connectivity index (χ0n) is 18.3. The van der Waals surface area contributed by atoms with Crippen molar-refractivity contribution in [3.63, 3.8) is 0 Å². The van der Waals surface area contributed by atoms with Crippen LogP contribution in [-0.2, 0) is 6.54 Å². The minimum atomic E-state index is -0.178. The van der Waals surface area contributed by atoms with Crippen LogP contribution in [0.25, 0.3) is 21.5 Å². The van der Waals surface area contributed by atoms with Crippen LogP contribution in [-0.4, -0.2) is 6.03 Å². The number of carbonyl (C=O) groups excluding carboxylic acids is 1. The van der Waals surface area contributed by atoms with Crippen LogP contribution in [0.5, 0.6) is 0 Å². The maximum atomic E-state index is 13.6. The minimum absolute atomic E-state index is 0.178. The number of nitrogens with one attached hydrogen (secondary N) is 1. The molecular formula is C29H23BrN2O. The zero-order valence-corrected chi connectivity index (χ0v) is 19.8. The van der Waals surface area contributed by atoms with E-state index in [-0.39, 0.29) is 6.03 Å². The number of hydrogen-bond donors (Lipinski definition) is 1. The smallest absolute Gasteiger partial charge is 0.306 e. The van der Waals surface area contributed by atoms with Gasteiger partial charge in [0.2, 0.25) is 0 Å². The van der Waals surface area contributed by atoms with E-state index in [0.29, 0.717) is 6.54 Å². The van der Waals surface area contributed by atoms with E-state index in [1.54, 1.807) is 0 Å². The first-order chi connectivity index (χ1) is 16.1. The number of fused-ring (bicyclic) bond motifs is 2. The number of carbonyl (C=O) groups is 1. The fourth-order valence-corrected chi connectivity index (χ4v) is 4.57. The third kappa shape index (κ3) is 4.35. The Hall–Kier alpha value is -3.63. The largest absolute Gasteiger partial charge is 0.326 e. The number of nitrogens with zero attached hydrogens (tertiary/aromatic N) is 1. The molecule has 162 valence electrons. The first kappa shape index (κ1) is 21.2. The summed E-state index contributed by atoms with van der Waals surface area (Å²) >= 11 is 3.54. The Kier molecular flexibility index (Phi) is 5.84. The number of halogens is 1. The summed E-state index contributed by atoms with van der Waals surface area (Å²) in [5, 5.41) is 7.72. The normalized spacial score (nSPS) is 11.0. The lowest BCUT2D eigenvalue weighted by Gasteiger charge is -2.25. The average Bonchev–Trinajstić information content (AvgIpc) is 2.84. The van der Waals surface area contributed by atoms with Crippen molar-refractivity contribution in [2.45, 2.75) is 13.5 Å². The summed E-state index contributed by atoms with van der Waals surface area (Å²) in [5.41, 5.74) is 3.87. The van der Waals surface area contributed by atoms with Gasteiger partial charge in [-0.1, -0.05) is 78.4 Å². The summed E-state index contributed by atoms with van der Waals surface area (Å²) in [4.78, 5) is 15.4. The summed E-state index contributed by atoms with van der Waals surface area (Å²) in [6, 6.07) is 34.5. The summed E-state index contributed by atoms with van der Waals surface area (Å²) in [7, 11) is 0. The molecule has 2 amide bonds. The second kappa shape index (κ2) is 9.08. The number of rotatable bonds is 4. The van der Waals surface area contributed by atoms with Gasteiger partial charge >= 0.3 is 6.03 Å². The van der Waals surface area contributed by atoms with Crippen LogP contribution in [0.3, 0.4) is 0 Å². The van der Waals surface area contributed by atoms with E-state index in [4.69, 9.17) is 0 Å². The summed E-state index contributed by atoms with van der Waals surface area (Å²) in [6.07, 6.45) is 0. The van der Waals surface area contributed by atoms with Gasteiger partial charge < -0.3 is 5.32 Å². The van der Waals surface area contributed by atoms with E-state index in [1.807, 2.05) is 60.4 Å². The molecule has 1 N–H and O–H groups in total. The van der Waals surface area contributed by atoms with Crippen molar-refractivity contribution in [3.05, 3.63) is 119 Å². The molecule has 0 atom stereocenters. The summed E-state index contributed by atoms with van der Waals surface area (Å²) in [6.45, 7) is 2.49. The highest BCUT2D eigenvalue weighted by Gasteiger charge is 2.20. The number of anilines is 2. The van der Waals surface area contributed by atoms with E-state index in [0.717, 1.165) is 37.7 Å². The number of aryl methyl sites for hydroxylation is 1. The van der Waals surface area contributed by atoms with Crippen molar-refractivity contribution in [3.8, 4) is 0 Å². The first-order valence-corrected chi connectivity index (χ1v) is 11.7. The Balaban J connectivity index is 1.63. The maximum absolute atomic E-state index is 13.6. The zero-order chi connectivity index (χ0) is 22.8. The van der Waals surface area contributed by atoms with Gasteiger partial charge in [-0.05, 0) is 80.3 Å². The molecule has 0 spiro atoms. The number of urea groups is 1. The van der Waals surface area contributed by atoms with Gasteiger partial charge in [-0.2, -0.15) is 0 Å². The van der Waals surface area contributed by atoms with Gasteiger partial charge in [0.1, 0.15) is 0 Å². The van der Waals surface area contributed by atoms with Gasteiger partial charge in [0.05, 0.1) is 12.2 Å². The van der Waals surface area contributed by atoms with Gasteiger partial charge in [-0.15, -0.1) is 0 Å². The molecule has 0 saturated heterocycles. The van der Waals surface area contributed by atoms with Crippen LogP contribution in [0.1, 0.15) is 11.1 Å². The van der Waals surface area contributed by atoms with Crippen LogP contribution in [0.15, 0.2) is 108 Å². The van der Waals surface area contributed by atoms with Crippen LogP contribution in [0.2, 0.25) is 0 Å². The molecule has 0 radical (unpaired) electrons. The van der Waals surface area contributed by atoms with Crippen LogP contribution in [0.4, 0.5) is 16.2 Å². The third-order valence-corrected chi connectivity index (χ3v) is 6.60. The lowest BCUT2D eigenvalue weighted by atomic mass is 9.96. The second-order valence-electron chi connectivity index (χ2n) is 8.13. The average molecular weight is 495 g/mol. The van der Waals surface area contributed by atoms with E-state index < -0.39 is 0 Å². The number of hydrogen-bond acceptors (Lipinski definition) is 1. The SMILES string of the molecule is Cc1ccc(N(Cc2c3ccccc3cc3ccccc23)C(=O)Nc2ccccc2Br)cc1. The van der Waals surface area contributed by atoms with Crippen molar-refractivity contribution in [1.82, 2.24) is 0 Å². The van der Waals surface area contributed by atoms with Crippen LogP contribution in [0, 0.1) is 6.92 Å². The lowest BCUT2D eigenvalue weighted by molar-refractivity contribution is 0.256. The van der Waals surface area contributed by atoms with E-state index in [2.05, 4.69) is 75.8 Å². The Morgan fingerprint density at radius 2 is 1.36 bits per heavy atom. The van der Waals surface area contributed by atoms with Crippen LogP contribution >= 0.6 is 15.9 Å². The highest BCUT2D eigenvalue weighted by Crippen LogP contribution is 2.31. The fourth-order valence-electron chi connectivity index (χ4n) is 4.19.